The van der Waals surface area contributed by atoms with Gasteiger partial charge in [-0.05, 0) is 24.3 Å². The smallest absolute Gasteiger partial charge is 0.212 e. The Hall–Kier alpha value is -3.01. The second kappa shape index (κ2) is 8.50. The van der Waals surface area contributed by atoms with E-state index in [2.05, 4.69) is 4.98 Å². The van der Waals surface area contributed by atoms with Crippen LogP contribution in [0.4, 0.5) is 5.82 Å². The average molecular weight is 453 g/mol. The summed E-state index contributed by atoms with van der Waals surface area (Å²) < 4.78 is 34.4. The Morgan fingerprint density at radius 3 is 2.34 bits per heavy atom. The van der Waals surface area contributed by atoms with Gasteiger partial charge in [-0.1, -0.05) is 30.3 Å². The Morgan fingerprint density at radius 2 is 1.62 bits per heavy atom. The zero-order chi connectivity index (χ0) is 22.1. The highest BCUT2D eigenvalue weighted by Gasteiger charge is 2.30. The van der Waals surface area contributed by atoms with E-state index in [1.807, 2.05) is 28.8 Å². The number of fused-ring (bicyclic) bond motifs is 2. The number of benzene rings is 2. The number of nitrogens with two attached hydrogens (primary N) is 1. The van der Waals surface area contributed by atoms with E-state index in [1.54, 1.807) is 30.3 Å². The molecule has 2 aromatic heterocycles. The summed E-state index contributed by atoms with van der Waals surface area (Å²) in [5.74, 6) is 0.191. The van der Waals surface area contributed by atoms with E-state index in [-0.39, 0.29) is 15.6 Å². The van der Waals surface area contributed by atoms with E-state index >= 15 is 0 Å². The normalized spacial score (nSPS) is 15.5. The second-order valence-electron chi connectivity index (χ2n) is 8.03. The average Bonchev–Trinajstić information content (AvgIpc) is 3.09. The molecule has 1 aliphatic rings. The number of para-hydroxylation sites is 2. The minimum atomic E-state index is -3.86. The lowest BCUT2D eigenvalue weighted by Crippen LogP contribution is -3.14. The fourth-order valence-corrected chi connectivity index (χ4v) is 5.82. The van der Waals surface area contributed by atoms with Crippen LogP contribution in [0.1, 0.15) is 6.42 Å². The summed E-state index contributed by atoms with van der Waals surface area (Å²) in [4.78, 5) is 11.2. The number of aromatic nitrogens is 3. The fraction of sp³-hybridized carbons (Fsp3) is 0.304. The van der Waals surface area contributed by atoms with Gasteiger partial charge in [0.05, 0.1) is 35.7 Å². The molecule has 0 saturated carbocycles. The highest BCUT2D eigenvalue weighted by atomic mass is 32.2. The monoisotopic (exact) mass is 452 g/mol. The Balaban J connectivity index is 1.61. The molecule has 3 heterocycles. The number of anilines is 1. The lowest BCUT2D eigenvalue weighted by molar-refractivity contribution is -0.908. The SMILES string of the molecule is Nc1c(S(=O)(=O)c2ccccc2)c2nc3ccccc3nc2n1CCC[NH+]1CCOCC1. The van der Waals surface area contributed by atoms with Crippen LogP contribution < -0.4 is 10.6 Å². The molecule has 2 aromatic carbocycles. The molecule has 8 nitrogen and oxygen atoms in total. The van der Waals surface area contributed by atoms with Crippen LogP contribution in [0.25, 0.3) is 22.2 Å². The summed E-state index contributed by atoms with van der Waals surface area (Å²) in [6.07, 6.45) is 0.850. The lowest BCUT2D eigenvalue weighted by atomic mass is 10.3. The fourth-order valence-electron chi connectivity index (χ4n) is 4.30. The first-order chi connectivity index (χ1) is 15.6. The maximum Gasteiger partial charge on any atom is 0.212 e. The molecular formula is C23H26N5O3S+. The summed E-state index contributed by atoms with van der Waals surface area (Å²) >= 11 is 0. The van der Waals surface area contributed by atoms with Gasteiger partial charge < -0.3 is 19.9 Å². The van der Waals surface area contributed by atoms with Gasteiger partial charge >= 0.3 is 0 Å². The van der Waals surface area contributed by atoms with Crippen molar-refractivity contribution >= 4 is 37.9 Å². The van der Waals surface area contributed by atoms with Crippen molar-refractivity contribution in [1.29, 1.82) is 0 Å². The van der Waals surface area contributed by atoms with Crippen molar-refractivity contribution in [2.75, 3.05) is 38.6 Å². The number of nitrogens with zero attached hydrogens (tertiary/aromatic N) is 3. The number of nitrogen functional groups attached to an aromatic ring is 1. The Kier molecular flexibility index (Phi) is 5.54. The molecule has 1 saturated heterocycles. The minimum Gasteiger partial charge on any atom is -0.384 e. The predicted molar refractivity (Wildman–Crippen MR) is 122 cm³/mol. The lowest BCUT2D eigenvalue weighted by Gasteiger charge is -2.23. The number of hydrogen-bond acceptors (Lipinski definition) is 6. The molecule has 32 heavy (non-hydrogen) atoms. The van der Waals surface area contributed by atoms with E-state index in [4.69, 9.17) is 15.5 Å². The number of hydrogen-bond donors (Lipinski definition) is 2. The molecular weight excluding hydrogens is 426 g/mol. The van der Waals surface area contributed by atoms with Gasteiger partial charge in [0, 0.05) is 13.0 Å². The zero-order valence-corrected chi connectivity index (χ0v) is 18.5. The molecule has 0 spiro atoms. The number of morpholine rings is 1. The minimum absolute atomic E-state index is 0.0377. The zero-order valence-electron chi connectivity index (χ0n) is 17.7. The third-order valence-electron chi connectivity index (χ3n) is 5.98. The van der Waals surface area contributed by atoms with E-state index in [9.17, 15) is 8.42 Å². The van der Waals surface area contributed by atoms with Crippen LogP contribution in [0.2, 0.25) is 0 Å². The molecule has 5 rings (SSSR count). The molecule has 9 heteroatoms. The van der Waals surface area contributed by atoms with Crippen LogP contribution in [-0.4, -0.2) is 55.8 Å². The molecule has 4 aromatic rings. The van der Waals surface area contributed by atoms with Crippen molar-refractivity contribution in [3.05, 3.63) is 54.6 Å². The van der Waals surface area contributed by atoms with Gasteiger partial charge in [-0.15, -0.1) is 0 Å². The summed E-state index contributed by atoms with van der Waals surface area (Å²) in [7, 11) is -3.86. The van der Waals surface area contributed by atoms with Crippen LogP contribution >= 0.6 is 0 Å². The second-order valence-corrected chi connectivity index (χ2v) is 9.92. The predicted octanol–water partition coefficient (Wildman–Crippen LogP) is 1.30. The van der Waals surface area contributed by atoms with Crippen molar-refractivity contribution in [3.63, 3.8) is 0 Å². The van der Waals surface area contributed by atoms with Crippen molar-refractivity contribution in [1.82, 2.24) is 14.5 Å². The molecule has 0 unspecified atom stereocenters. The van der Waals surface area contributed by atoms with Gasteiger partial charge in [0.1, 0.15) is 29.3 Å². The number of rotatable bonds is 6. The van der Waals surface area contributed by atoms with Gasteiger partial charge in [0.25, 0.3) is 0 Å². The summed E-state index contributed by atoms with van der Waals surface area (Å²) in [6.45, 7) is 5.07. The van der Waals surface area contributed by atoms with Gasteiger partial charge in [0.15, 0.2) is 5.65 Å². The first-order valence-corrected chi connectivity index (χ1v) is 12.3. The maximum absolute atomic E-state index is 13.6. The molecule has 166 valence electrons. The first-order valence-electron chi connectivity index (χ1n) is 10.8. The Bertz CT molecular complexity index is 1360. The van der Waals surface area contributed by atoms with Crippen molar-refractivity contribution < 1.29 is 18.1 Å². The highest BCUT2D eigenvalue weighted by Crippen LogP contribution is 2.35. The van der Waals surface area contributed by atoms with Gasteiger partial charge in [-0.25, -0.2) is 18.4 Å². The largest absolute Gasteiger partial charge is 0.384 e. The van der Waals surface area contributed by atoms with Crippen molar-refractivity contribution in [2.45, 2.75) is 22.8 Å². The van der Waals surface area contributed by atoms with E-state index in [0.717, 1.165) is 39.3 Å². The van der Waals surface area contributed by atoms with Crippen LogP contribution in [0.3, 0.4) is 0 Å². The molecule has 3 N–H and O–H groups in total. The summed E-state index contributed by atoms with van der Waals surface area (Å²) in [6, 6.07) is 15.8. The quantitative estimate of drug-likeness (QED) is 0.457. The molecule has 0 atom stereocenters. The Labute approximate surface area is 186 Å². The van der Waals surface area contributed by atoms with Gasteiger partial charge in [-0.2, -0.15) is 0 Å². The van der Waals surface area contributed by atoms with E-state index in [1.165, 1.54) is 4.90 Å². The number of quaternary nitrogens is 1. The topological polar surface area (TPSA) is 105 Å². The Morgan fingerprint density at radius 1 is 0.969 bits per heavy atom. The number of nitrogens with one attached hydrogen (secondary N) is 1. The van der Waals surface area contributed by atoms with Crippen molar-refractivity contribution in [3.8, 4) is 0 Å². The maximum atomic E-state index is 13.6. The standard InChI is InChI=1S/C23H25N5O3S/c24-22-21(32(29,30)17-7-2-1-3-8-17)20-23(26-19-10-5-4-9-18(19)25-20)28(22)12-6-11-27-13-15-31-16-14-27/h1-5,7-10H,6,11-16,24H2/p+1. The molecule has 0 amide bonds. The molecule has 0 aliphatic carbocycles. The van der Waals surface area contributed by atoms with Crippen LogP contribution in [0, 0.1) is 0 Å². The molecule has 0 bridgehead atoms. The molecule has 0 radical (unpaired) electrons. The third-order valence-corrected chi connectivity index (χ3v) is 7.81. The van der Waals surface area contributed by atoms with Crippen molar-refractivity contribution in [2.24, 2.45) is 0 Å². The first kappa shape index (κ1) is 20.9. The number of ether oxygens (including phenoxy) is 1. The van der Waals surface area contributed by atoms with E-state index in [0.29, 0.717) is 28.7 Å². The summed E-state index contributed by atoms with van der Waals surface area (Å²) in [5, 5.41) is 0. The van der Waals surface area contributed by atoms with Gasteiger partial charge in [-0.3, -0.25) is 0 Å². The summed E-state index contributed by atoms with van der Waals surface area (Å²) in [5.41, 5.74) is 8.68. The molecule has 1 fully saturated rings. The van der Waals surface area contributed by atoms with E-state index < -0.39 is 9.84 Å². The number of aryl methyl sites for hydroxylation is 1. The third kappa shape index (κ3) is 3.72. The van der Waals surface area contributed by atoms with Crippen LogP contribution in [-0.2, 0) is 21.1 Å². The highest BCUT2D eigenvalue weighted by molar-refractivity contribution is 7.92. The van der Waals surface area contributed by atoms with Gasteiger partial charge in [0.2, 0.25) is 9.84 Å². The van der Waals surface area contributed by atoms with Crippen LogP contribution in [0.5, 0.6) is 0 Å². The molecule has 1 aliphatic heterocycles. The number of sulfone groups is 1. The van der Waals surface area contributed by atoms with Crippen LogP contribution in [0.15, 0.2) is 64.4 Å².